The van der Waals surface area contributed by atoms with Crippen molar-refractivity contribution < 1.29 is 4.79 Å². The number of nitrogens with zero attached hydrogens (tertiary/aromatic N) is 4. The molecular weight excluding hydrogens is 232 g/mol. The molecule has 2 rings (SSSR count). The van der Waals surface area contributed by atoms with E-state index in [1.165, 1.54) is 0 Å². The van der Waals surface area contributed by atoms with Crippen molar-refractivity contribution in [3.8, 4) is 0 Å². The third-order valence-electron chi connectivity index (χ3n) is 2.82. The first kappa shape index (κ1) is 12.2. The highest BCUT2D eigenvalue weighted by molar-refractivity contribution is 5.89. The minimum Gasteiger partial charge on any atom is -0.396 e. The number of aromatic nitrogens is 4. The van der Waals surface area contributed by atoms with E-state index in [1.807, 2.05) is 13.8 Å². The number of carbonyl (C=O) groups excluding carboxylic acids is 1. The van der Waals surface area contributed by atoms with E-state index in [1.54, 1.807) is 28.7 Å². The SMILES string of the molecule is Cc1nn(CC(=O)Nc2ccnn2C)c(C)c1N. The summed E-state index contributed by atoms with van der Waals surface area (Å²) in [5, 5.41) is 10.9. The lowest BCUT2D eigenvalue weighted by molar-refractivity contribution is -0.117. The van der Waals surface area contributed by atoms with Crippen molar-refractivity contribution in [2.24, 2.45) is 7.05 Å². The Morgan fingerprint density at radius 2 is 2.22 bits per heavy atom. The van der Waals surface area contributed by atoms with Crippen LogP contribution in [0, 0.1) is 13.8 Å². The molecule has 18 heavy (non-hydrogen) atoms. The number of amides is 1. The van der Waals surface area contributed by atoms with E-state index in [0.717, 1.165) is 11.4 Å². The number of nitrogens with two attached hydrogens (primary N) is 1. The molecule has 7 heteroatoms. The van der Waals surface area contributed by atoms with E-state index in [2.05, 4.69) is 15.5 Å². The minimum atomic E-state index is -0.163. The summed E-state index contributed by atoms with van der Waals surface area (Å²) >= 11 is 0. The zero-order chi connectivity index (χ0) is 13.3. The molecule has 0 atom stereocenters. The summed E-state index contributed by atoms with van der Waals surface area (Å²) < 4.78 is 3.18. The summed E-state index contributed by atoms with van der Waals surface area (Å²) in [6.45, 7) is 3.79. The molecule has 0 unspecified atom stereocenters. The lowest BCUT2D eigenvalue weighted by Crippen LogP contribution is -2.21. The van der Waals surface area contributed by atoms with E-state index in [4.69, 9.17) is 5.73 Å². The first-order valence-corrected chi connectivity index (χ1v) is 5.56. The van der Waals surface area contributed by atoms with Gasteiger partial charge in [0.2, 0.25) is 5.91 Å². The normalized spacial score (nSPS) is 10.6. The Bertz CT molecular complexity index is 582. The summed E-state index contributed by atoms with van der Waals surface area (Å²) in [4.78, 5) is 11.9. The van der Waals surface area contributed by atoms with Crippen LogP contribution in [0.15, 0.2) is 12.3 Å². The van der Waals surface area contributed by atoms with Crippen LogP contribution in [-0.4, -0.2) is 25.5 Å². The number of anilines is 2. The van der Waals surface area contributed by atoms with Crippen LogP contribution >= 0.6 is 0 Å². The van der Waals surface area contributed by atoms with Gasteiger partial charge in [-0.15, -0.1) is 0 Å². The highest BCUT2D eigenvalue weighted by Gasteiger charge is 2.12. The van der Waals surface area contributed by atoms with Gasteiger partial charge in [-0.3, -0.25) is 14.2 Å². The summed E-state index contributed by atoms with van der Waals surface area (Å²) in [7, 11) is 1.76. The molecule has 0 bridgehead atoms. The van der Waals surface area contributed by atoms with E-state index in [0.29, 0.717) is 11.5 Å². The lowest BCUT2D eigenvalue weighted by Gasteiger charge is -2.06. The second kappa shape index (κ2) is 4.52. The molecule has 0 radical (unpaired) electrons. The fraction of sp³-hybridized carbons (Fsp3) is 0.364. The van der Waals surface area contributed by atoms with Crippen molar-refractivity contribution in [1.82, 2.24) is 19.6 Å². The summed E-state index contributed by atoms with van der Waals surface area (Å²) in [6, 6.07) is 1.73. The first-order chi connectivity index (χ1) is 8.49. The Morgan fingerprint density at radius 1 is 1.50 bits per heavy atom. The van der Waals surface area contributed by atoms with Gasteiger partial charge in [-0.25, -0.2) is 0 Å². The first-order valence-electron chi connectivity index (χ1n) is 5.56. The number of hydrogen-bond donors (Lipinski definition) is 2. The van der Waals surface area contributed by atoms with Crippen molar-refractivity contribution in [3.05, 3.63) is 23.7 Å². The van der Waals surface area contributed by atoms with Crippen molar-refractivity contribution in [2.45, 2.75) is 20.4 Å². The maximum atomic E-state index is 11.9. The van der Waals surface area contributed by atoms with Crippen LogP contribution in [0.25, 0.3) is 0 Å². The van der Waals surface area contributed by atoms with Gasteiger partial charge in [0.25, 0.3) is 0 Å². The molecule has 3 N–H and O–H groups in total. The largest absolute Gasteiger partial charge is 0.396 e. The quantitative estimate of drug-likeness (QED) is 0.825. The average Bonchev–Trinajstić information content (AvgIpc) is 2.80. The molecule has 0 spiro atoms. The van der Waals surface area contributed by atoms with Crippen molar-refractivity contribution in [3.63, 3.8) is 0 Å². The van der Waals surface area contributed by atoms with Gasteiger partial charge >= 0.3 is 0 Å². The van der Waals surface area contributed by atoms with Gasteiger partial charge < -0.3 is 11.1 Å². The predicted octanol–water partition coefficient (Wildman–Crippen LogP) is 0.454. The van der Waals surface area contributed by atoms with Crippen LogP contribution in [-0.2, 0) is 18.4 Å². The van der Waals surface area contributed by atoms with Gasteiger partial charge in [0.15, 0.2) is 0 Å². The molecule has 7 nitrogen and oxygen atoms in total. The second-order valence-electron chi connectivity index (χ2n) is 4.13. The second-order valence-corrected chi connectivity index (χ2v) is 4.13. The number of rotatable bonds is 3. The van der Waals surface area contributed by atoms with E-state index >= 15 is 0 Å². The van der Waals surface area contributed by atoms with E-state index < -0.39 is 0 Å². The zero-order valence-corrected chi connectivity index (χ0v) is 10.6. The van der Waals surface area contributed by atoms with Crippen LogP contribution in [0.3, 0.4) is 0 Å². The number of aryl methyl sites for hydroxylation is 2. The monoisotopic (exact) mass is 248 g/mol. The van der Waals surface area contributed by atoms with Crippen LogP contribution in [0.4, 0.5) is 11.5 Å². The maximum Gasteiger partial charge on any atom is 0.247 e. The van der Waals surface area contributed by atoms with Gasteiger partial charge in [-0.2, -0.15) is 10.2 Å². The van der Waals surface area contributed by atoms with Crippen molar-refractivity contribution >= 4 is 17.4 Å². The third kappa shape index (κ3) is 2.20. The molecule has 1 amide bonds. The predicted molar refractivity (Wildman–Crippen MR) is 68.0 cm³/mol. The maximum absolute atomic E-state index is 11.9. The number of nitrogen functional groups attached to an aromatic ring is 1. The molecule has 0 aromatic carbocycles. The third-order valence-corrected chi connectivity index (χ3v) is 2.82. The summed E-state index contributed by atoms with van der Waals surface area (Å²) in [5.74, 6) is 0.485. The molecule has 0 saturated carbocycles. The molecule has 0 aliphatic carbocycles. The summed E-state index contributed by atoms with van der Waals surface area (Å²) in [5.41, 5.74) is 7.97. The van der Waals surface area contributed by atoms with Gasteiger partial charge in [-0.1, -0.05) is 0 Å². The van der Waals surface area contributed by atoms with Crippen molar-refractivity contribution in [2.75, 3.05) is 11.1 Å². The fourth-order valence-corrected chi connectivity index (χ4v) is 1.68. The molecule has 2 aromatic rings. The molecule has 0 fully saturated rings. The van der Waals surface area contributed by atoms with E-state index in [9.17, 15) is 4.79 Å². The molecule has 0 aliphatic rings. The topological polar surface area (TPSA) is 90.8 Å². The van der Waals surface area contributed by atoms with E-state index in [-0.39, 0.29) is 12.5 Å². The van der Waals surface area contributed by atoms with Gasteiger partial charge in [0, 0.05) is 13.1 Å². The Kier molecular flexibility index (Phi) is 3.05. The Hall–Kier alpha value is -2.31. The highest BCUT2D eigenvalue weighted by atomic mass is 16.2. The number of nitrogens with one attached hydrogen (secondary N) is 1. The fourth-order valence-electron chi connectivity index (χ4n) is 1.68. The molecule has 0 aliphatic heterocycles. The van der Waals surface area contributed by atoms with Crippen LogP contribution in [0.2, 0.25) is 0 Å². The van der Waals surface area contributed by atoms with Gasteiger partial charge in [0.1, 0.15) is 12.4 Å². The Balaban J connectivity index is 2.08. The lowest BCUT2D eigenvalue weighted by atomic mass is 10.3. The number of carbonyl (C=O) groups is 1. The Morgan fingerprint density at radius 3 is 2.72 bits per heavy atom. The number of hydrogen-bond acceptors (Lipinski definition) is 4. The van der Waals surface area contributed by atoms with Gasteiger partial charge in [-0.05, 0) is 13.8 Å². The molecule has 2 aromatic heterocycles. The average molecular weight is 248 g/mol. The van der Waals surface area contributed by atoms with Crippen LogP contribution in [0.5, 0.6) is 0 Å². The smallest absolute Gasteiger partial charge is 0.247 e. The molecule has 0 saturated heterocycles. The van der Waals surface area contributed by atoms with Gasteiger partial charge in [0.05, 0.1) is 23.3 Å². The molecule has 96 valence electrons. The van der Waals surface area contributed by atoms with Crippen molar-refractivity contribution in [1.29, 1.82) is 0 Å². The van der Waals surface area contributed by atoms with Crippen LogP contribution in [0.1, 0.15) is 11.4 Å². The standard InChI is InChI=1S/C11H16N6O/c1-7-11(12)8(2)17(15-7)6-10(18)14-9-4-5-13-16(9)3/h4-5H,6,12H2,1-3H3,(H,14,18). The van der Waals surface area contributed by atoms with Crippen LogP contribution < -0.4 is 11.1 Å². The summed E-state index contributed by atoms with van der Waals surface area (Å²) in [6.07, 6.45) is 1.62. The zero-order valence-electron chi connectivity index (χ0n) is 10.6. The highest BCUT2D eigenvalue weighted by Crippen LogP contribution is 2.14. The molecule has 2 heterocycles. The minimum absolute atomic E-state index is 0.134. The molecular formula is C11H16N6O. The Labute approximate surface area is 105 Å².